The third kappa shape index (κ3) is 8.20. The number of carboxylic acids is 1. The Kier molecular flexibility index (Phi) is 7.99. The fourth-order valence-electron chi connectivity index (χ4n) is 2.50. The average molecular weight is 401 g/mol. The highest BCUT2D eigenvalue weighted by Gasteiger charge is 2.23. The lowest BCUT2D eigenvalue weighted by Gasteiger charge is -2.26. The van der Waals surface area contributed by atoms with Crippen LogP contribution in [0.1, 0.15) is 52.3 Å². The zero-order valence-corrected chi connectivity index (χ0v) is 17.0. The molecule has 2 rings (SSSR count). The molecule has 0 atom stereocenters. The molecule has 156 valence electrons. The van der Waals surface area contributed by atoms with E-state index < -0.39 is 17.7 Å². The number of ether oxygens (including phenoxy) is 1. The first kappa shape index (κ1) is 22.2. The van der Waals surface area contributed by atoms with Gasteiger partial charge in [0, 0.05) is 18.5 Å². The lowest BCUT2D eigenvalue weighted by molar-refractivity contribution is -0.137. The van der Waals surface area contributed by atoms with E-state index in [0.717, 1.165) is 5.56 Å². The molecule has 0 fully saturated rings. The topological polar surface area (TPSA) is 118 Å². The summed E-state index contributed by atoms with van der Waals surface area (Å²) in [4.78, 5) is 24.6. The molecule has 1 amide bonds. The molecule has 1 aromatic heterocycles. The monoisotopic (exact) mass is 401 g/mol. The van der Waals surface area contributed by atoms with Crippen LogP contribution in [0.15, 0.2) is 30.3 Å². The molecule has 0 bridgehead atoms. The molecule has 1 N–H and O–H groups in total. The maximum absolute atomic E-state index is 12.5. The van der Waals surface area contributed by atoms with Gasteiger partial charge in [-0.3, -0.25) is 4.79 Å². The summed E-state index contributed by atoms with van der Waals surface area (Å²) in [6.45, 7) is 5.90. The van der Waals surface area contributed by atoms with Crippen molar-refractivity contribution in [1.82, 2.24) is 25.3 Å². The second-order valence-corrected chi connectivity index (χ2v) is 7.61. The number of carboxylic acid groups (broad SMARTS) is 1. The van der Waals surface area contributed by atoms with Crippen molar-refractivity contribution < 1.29 is 19.4 Å². The fraction of sp³-hybridized carbons (Fsp3) is 0.500. The molecule has 0 saturated carbocycles. The van der Waals surface area contributed by atoms with Crippen LogP contribution in [0.3, 0.4) is 0 Å². The number of hydrogen-bond acceptors (Lipinski definition) is 7. The van der Waals surface area contributed by atoms with Crippen LogP contribution in [0.2, 0.25) is 0 Å². The number of carbonyl (C=O) groups excluding carboxylic acids is 1. The van der Waals surface area contributed by atoms with Crippen molar-refractivity contribution >= 4 is 12.1 Å². The van der Waals surface area contributed by atoms with Gasteiger partial charge in [0.1, 0.15) is 5.60 Å². The third-order valence-electron chi connectivity index (χ3n) is 3.85. The Hall–Kier alpha value is -3.10. The van der Waals surface area contributed by atoms with Crippen LogP contribution in [0.5, 0.6) is 0 Å². The molecule has 9 nitrogen and oxygen atoms in total. The molecule has 0 spiro atoms. The van der Waals surface area contributed by atoms with E-state index >= 15 is 0 Å². The van der Waals surface area contributed by atoms with Gasteiger partial charge in [0.15, 0.2) is 5.82 Å². The van der Waals surface area contributed by atoms with Crippen LogP contribution in [-0.4, -0.2) is 54.6 Å². The van der Waals surface area contributed by atoms with Crippen molar-refractivity contribution in [2.24, 2.45) is 0 Å². The number of unbranched alkanes of at least 4 members (excludes halogenated alkanes) is 2. The Labute approximate surface area is 170 Å². The average Bonchev–Trinajstić information content (AvgIpc) is 2.66. The normalized spacial score (nSPS) is 11.1. The summed E-state index contributed by atoms with van der Waals surface area (Å²) in [5, 5.41) is 25.1. The van der Waals surface area contributed by atoms with E-state index in [4.69, 9.17) is 9.84 Å². The molecule has 0 saturated heterocycles. The van der Waals surface area contributed by atoms with Crippen LogP contribution in [0.4, 0.5) is 4.79 Å². The standard InChI is InChI=1S/C20H27N5O4/c1-20(2,3)29-19(28)25(13-9-5-8-12-17(26)27)14-16-21-23-18(24-22-16)15-10-6-4-7-11-15/h4,6-7,10-11H,5,8-9,12-14H2,1-3H3,(H,26,27). The van der Waals surface area contributed by atoms with E-state index in [1.54, 1.807) is 20.8 Å². The van der Waals surface area contributed by atoms with E-state index in [0.29, 0.717) is 37.5 Å². The first-order valence-corrected chi connectivity index (χ1v) is 9.56. The van der Waals surface area contributed by atoms with E-state index in [9.17, 15) is 9.59 Å². The molecular formula is C20H27N5O4. The highest BCUT2D eigenvalue weighted by atomic mass is 16.6. The SMILES string of the molecule is CC(C)(C)OC(=O)N(CCCCCC(=O)O)Cc1nnc(-c2ccccc2)nn1. The van der Waals surface area contributed by atoms with Gasteiger partial charge in [-0.05, 0) is 33.6 Å². The number of rotatable bonds is 9. The van der Waals surface area contributed by atoms with E-state index in [-0.39, 0.29) is 13.0 Å². The second-order valence-electron chi connectivity index (χ2n) is 7.61. The van der Waals surface area contributed by atoms with Gasteiger partial charge < -0.3 is 14.7 Å². The van der Waals surface area contributed by atoms with Crippen LogP contribution < -0.4 is 0 Å². The molecule has 0 aliphatic carbocycles. The molecule has 0 aliphatic rings. The van der Waals surface area contributed by atoms with E-state index in [1.165, 1.54) is 4.90 Å². The van der Waals surface area contributed by atoms with Gasteiger partial charge in [-0.25, -0.2) is 4.79 Å². The minimum atomic E-state index is -0.821. The van der Waals surface area contributed by atoms with E-state index in [2.05, 4.69) is 20.4 Å². The zero-order chi connectivity index (χ0) is 21.3. The first-order chi connectivity index (χ1) is 13.7. The molecule has 9 heteroatoms. The summed E-state index contributed by atoms with van der Waals surface area (Å²) in [5.74, 6) is -0.106. The maximum atomic E-state index is 12.5. The minimum Gasteiger partial charge on any atom is -0.481 e. The Balaban J connectivity index is 2.01. The minimum absolute atomic E-state index is 0.114. The number of nitrogens with zero attached hydrogens (tertiary/aromatic N) is 5. The Bertz CT molecular complexity index is 791. The summed E-state index contributed by atoms with van der Waals surface area (Å²) >= 11 is 0. The Morgan fingerprint density at radius 3 is 2.24 bits per heavy atom. The van der Waals surface area contributed by atoms with Gasteiger partial charge in [-0.2, -0.15) is 0 Å². The summed E-state index contributed by atoms with van der Waals surface area (Å²) < 4.78 is 5.46. The second kappa shape index (κ2) is 10.4. The number of hydrogen-bond donors (Lipinski definition) is 1. The predicted molar refractivity (Wildman–Crippen MR) is 106 cm³/mol. The predicted octanol–water partition coefficient (Wildman–Crippen LogP) is 3.32. The van der Waals surface area contributed by atoms with Crippen molar-refractivity contribution in [3.8, 4) is 11.4 Å². The lowest BCUT2D eigenvalue weighted by atomic mass is 10.2. The smallest absolute Gasteiger partial charge is 0.410 e. The maximum Gasteiger partial charge on any atom is 0.410 e. The van der Waals surface area contributed by atoms with Gasteiger partial charge in [0.2, 0.25) is 5.82 Å². The van der Waals surface area contributed by atoms with Crippen molar-refractivity contribution in [1.29, 1.82) is 0 Å². The number of benzene rings is 1. The molecule has 0 radical (unpaired) electrons. The van der Waals surface area contributed by atoms with Crippen LogP contribution in [0.25, 0.3) is 11.4 Å². The zero-order valence-electron chi connectivity index (χ0n) is 17.0. The van der Waals surface area contributed by atoms with Gasteiger partial charge in [-0.1, -0.05) is 36.8 Å². The van der Waals surface area contributed by atoms with Gasteiger partial charge in [0.05, 0.1) is 6.54 Å². The quantitative estimate of drug-likeness (QED) is 0.636. The van der Waals surface area contributed by atoms with Crippen molar-refractivity contribution in [2.45, 2.75) is 58.6 Å². The molecule has 1 heterocycles. The van der Waals surface area contributed by atoms with Gasteiger partial charge >= 0.3 is 12.1 Å². The molecule has 29 heavy (non-hydrogen) atoms. The largest absolute Gasteiger partial charge is 0.481 e. The highest BCUT2D eigenvalue weighted by Crippen LogP contribution is 2.14. The van der Waals surface area contributed by atoms with Crippen molar-refractivity contribution in [3.63, 3.8) is 0 Å². The highest BCUT2D eigenvalue weighted by molar-refractivity contribution is 5.68. The van der Waals surface area contributed by atoms with E-state index in [1.807, 2.05) is 30.3 Å². The molecule has 1 aromatic carbocycles. The lowest BCUT2D eigenvalue weighted by Crippen LogP contribution is -2.37. The number of aliphatic carboxylic acids is 1. The number of amides is 1. The third-order valence-corrected chi connectivity index (χ3v) is 3.85. The van der Waals surface area contributed by atoms with Crippen LogP contribution in [0, 0.1) is 0 Å². The van der Waals surface area contributed by atoms with Crippen LogP contribution in [-0.2, 0) is 16.1 Å². The molecular weight excluding hydrogens is 374 g/mol. The Morgan fingerprint density at radius 1 is 1.00 bits per heavy atom. The number of aromatic nitrogens is 4. The molecule has 0 aliphatic heterocycles. The van der Waals surface area contributed by atoms with Gasteiger partial charge in [-0.15, -0.1) is 20.4 Å². The van der Waals surface area contributed by atoms with Crippen molar-refractivity contribution in [2.75, 3.05) is 6.54 Å². The molecule has 2 aromatic rings. The number of carbonyl (C=O) groups is 2. The molecule has 0 unspecified atom stereocenters. The van der Waals surface area contributed by atoms with Gasteiger partial charge in [0.25, 0.3) is 0 Å². The van der Waals surface area contributed by atoms with Crippen molar-refractivity contribution in [3.05, 3.63) is 36.2 Å². The first-order valence-electron chi connectivity index (χ1n) is 9.56. The summed E-state index contributed by atoms with van der Waals surface area (Å²) in [6.07, 6.45) is 1.53. The van der Waals surface area contributed by atoms with Crippen LogP contribution >= 0.6 is 0 Å². The Morgan fingerprint density at radius 2 is 1.66 bits per heavy atom. The fourth-order valence-corrected chi connectivity index (χ4v) is 2.50. The summed E-state index contributed by atoms with van der Waals surface area (Å²) in [6, 6.07) is 9.38. The summed E-state index contributed by atoms with van der Waals surface area (Å²) in [5.41, 5.74) is 0.175. The summed E-state index contributed by atoms with van der Waals surface area (Å²) in [7, 11) is 0.